The van der Waals surface area contributed by atoms with Gasteiger partial charge < -0.3 is 10.3 Å². The molecule has 0 aromatic carbocycles. The van der Waals surface area contributed by atoms with Crippen molar-refractivity contribution in [1.29, 1.82) is 10.8 Å². The molecule has 2 N–H and O–H groups in total. The largest absolute Gasteiger partial charge is 0.362 e. The average Bonchev–Trinajstić information content (AvgIpc) is 1.64. The normalized spacial score (nSPS) is 8.38. The minimum atomic E-state index is 0.269. The van der Waals surface area contributed by atoms with Crippen molar-refractivity contribution < 1.29 is 0 Å². The fraction of sp³-hybridized carbons (Fsp3) is 0.600. The second kappa shape index (κ2) is 2.45. The topological polar surface area (TPSA) is 50.9 Å². The van der Waals surface area contributed by atoms with E-state index < -0.39 is 0 Å². The summed E-state index contributed by atoms with van der Waals surface area (Å²) in [5, 5.41) is 14.1. The molecule has 0 amide bonds. The Bertz CT molecular complexity index is 115. The van der Waals surface area contributed by atoms with E-state index in [-0.39, 0.29) is 5.84 Å². The minimum absolute atomic E-state index is 0.269. The number of hydrogen-bond donors (Lipinski definition) is 2. The molecule has 0 bridgehead atoms. The molecule has 8 heavy (non-hydrogen) atoms. The van der Waals surface area contributed by atoms with Gasteiger partial charge in [-0.1, -0.05) is 0 Å². The van der Waals surface area contributed by atoms with Gasteiger partial charge in [-0.15, -0.1) is 0 Å². The smallest absolute Gasteiger partial charge is 0.141 e. The molecule has 0 saturated carbocycles. The van der Waals surface area contributed by atoms with Gasteiger partial charge in [0.25, 0.3) is 0 Å². The second-order valence-corrected chi connectivity index (χ2v) is 1.87. The first-order valence-corrected chi connectivity index (χ1v) is 2.37. The van der Waals surface area contributed by atoms with Crippen LogP contribution in [-0.2, 0) is 0 Å². The van der Waals surface area contributed by atoms with Crippen molar-refractivity contribution in [2.24, 2.45) is 0 Å². The fourth-order valence-corrected chi connectivity index (χ4v) is 0.335. The molecule has 0 aliphatic rings. The molecular weight excluding hydrogens is 102 g/mol. The van der Waals surface area contributed by atoms with E-state index in [1.165, 1.54) is 0 Å². The number of amidine groups is 1. The SMILES string of the molecule is CC(=N)C(=N)N(C)C. The van der Waals surface area contributed by atoms with Crippen LogP contribution in [0, 0.1) is 10.8 Å². The van der Waals surface area contributed by atoms with E-state index in [1.54, 1.807) is 25.9 Å². The highest BCUT2D eigenvalue weighted by atomic mass is 15.1. The molecule has 0 aromatic heterocycles. The Morgan fingerprint density at radius 1 is 1.25 bits per heavy atom. The third-order valence-electron chi connectivity index (χ3n) is 0.802. The highest BCUT2D eigenvalue weighted by Crippen LogP contribution is 1.79. The van der Waals surface area contributed by atoms with Crippen molar-refractivity contribution in [3.8, 4) is 0 Å². The lowest BCUT2D eigenvalue weighted by atomic mass is 10.4. The standard InChI is InChI=1S/C5H11N3/c1-4(6)5(7)8(2)3/h6-7H,1-3H3. The lowest BCUT2D eigenvalue weighted by molar-refractivity contribution is 0.626. The van der Waals surface area contributed by atoms with Crippen LogP contribution in [0.5, 0.6) is 0 Å². The molecule has 0 aliphatic heterocycles. The number of nitrogens with zero attached hydrogens (tertiary/aromatic N) is 1. The molecular formula is C5H11N3. The van der Waals surface area contributed by atoms with Gasteiger partial charge in [-0.05, 0) is 6.92 Å². The van der Waals surface area contributed by atoms with E-state index in [2.05, 4.69) is 0 Å². The molecule has 0 radical (unpaired) electrons. The van der Waals surface area contributed by atoms with Crippen molar-refractivity contribution in [2.45, 2.75) is 6.92 Å². The summed E-state index contributed by atoms with van der Waals surface area (Å²) in [5.74, 6) is 0.269. The van der Waals surface area contributed by atoms with E-state index >= 15 is 0 Å². The number of rotatable bonds is 1. The average molecular weight is 113 g/mol. The summed E-state index contributed by atoms with van der Waals surface area (Å²) in [7, 11) is 3.50. The number of nitrogens with one attached hydrogen (secondary N) is 2. The van der Waals surface area contributed by atoms with Crippen molar-refractivity contribution in [3.63, 3.8) is 0 Å². The van der Waals surface area contributed by atoms with Gasteiger partial charge in [0.15, 0.2) is 0 Å². The molecule has 0 atom stereocenters. The zero-order chi connectivity index (χ0) is 6.73. The Hall–Kier alpha value is -0.860. The quantitative estimate of drug-likeness (QED) is 0.379. The molecule has 0 saturated heterocycles. The van der Waals surface area contributed by atoms with Gasteiger partial charge in [-0.25, -0.2) is 0 Å². The maximum absolute atomic E-state index is 7.10. The van der Waals surface area contributed by atoms with Crippen LogP contribution in [0.15, 0.2) is 0 Å². The predicted octanol–water partition coefficient (Wildman–Crippen LogP) is 0.565. The van der Waals surface area contributed by atoms with E-state index in [1.807, 2.05) is 0 Å². The molecule has 0 fully saturated rings. The molecule has 46 valence electrons. The minimum Gasteiger partial charge on any atom is -0.362 e. The Kier molecular flexibility index (Phi) is 2.19. The van der Waals surface area contributed by atoms with Gasteiger partial charge in [0.05, 0.1) is 5.71 Å². The Balaban J connectivity index is 3.84. The summed E-state index contributed by atoms with van der Waals surface area (Å²) < 4.78 is 0. The molecule has 0 aromatic rings. The maximum Gasteiger partial charge on any atom is 0.141 e. The first kappa shape index (κ1) is 7.14. The molecule has 3 heteroatoms. The van der Waals surface area contributed by atoms with Gasteiger partial charge in [-0.2, -0.15) is 0 Å². The monoisotopic (exact) mass is 113 g/mol. The van der Waals surface area contributed by atoms with Crippen LogP contribution in [0.2, 0.25) is 0 Å². The Morgan fingerprint density at radius 2 is 1.62 bits per heavy atom. The Morgan fingerprint density at radius 3 is 1.62 bits per heavy atom. The lowest BCUT2D eigenvalue weighted by Crippen LogP contribution is -2.26. The second-order valence-electron chi connectivity index (χ2n) is 1.87. The van der Waals surface area contributed by atoms with Crippen LogP contribution in [0.1, 0.15) is 6.92 Å². The van der Waals surface area contributed by atoms with E-state index in [0.717, 1.165) is 0 Å². The van der Waals surface area contributed by atoms with E-state index in [0.29, 0.717) is 5.71 Å². The Labute approximate surface area is 49.3 Å². The van der Waals surface area contributed by atoms with E-state index in [9.17, 15) is 0 Å². The summed E-state index contributed by atoms with van der Waals surface area (Å²) in [6, 6.07) is 0. The highest BCUT2D eigenvalue weighted by Gasteiger charge is 1.97. The van der Waals surface area contributed by atoms with Crippen molar-refractivity contribution in [3.05, 3.63) is 0 Å². The van der Waals surface area contributed by atoms with Gasteiger partial charge in [0.1, 0.15) is 5.84 Å². The molecule has 0 heterocycles. The summed E-state index contributed by atoms with van der Waals surface area (Å²) >= 11 is 0. The first-order chi connectivity index (χ1) is 3.55. The van der Waals surface area contributed by atoms with Crippen molar-refractivity contribution in [1.82, 2.24) is 4.90 Å². The summed E-state index contributed by atoms with van der Waals surface area (Å²) in [6.45, 7) is 1.60. The maximum atomic E-state index is 7.10. The zero-order valence-electron chi connectivity index (χ0n) is 5.45. The molecule has 0 aliphatic carbocycles. The van der Waals surface area contributed by atoms with Crippen LogP contribution in [0.3, 0.4) is 0 Å². The van der Waals surface area contributed by atoms with E-state index in [4.69, 9.17) is 10.8 Å². The predicted molar refractivity (Wildman–Crippen MR) is 34.8 cm³/mol. The molecule has 3 nitrogen and oxygen atoms in total. The molecule has 0 unspecified atom stereocenters. The molecule has 0 rings (SSSR count). The highest BCUT2D eigenvalue weighted by molar-refractivity contribution is 6.37. The molecule has 0 spiro atoms. The van der Waals surface area contributed by atoms with Crippen LogP contribution in [-0.4, -0.2) is 30.5 Å². The van der Waals surface area contributed by atoms with Crippen molar-refractivity contribution in [2.75, 3.05) is 14.1 Å². The summed E-state index contributed by atoms with van der Waals surface area (Å²) in [6.07, 6.45) is 0. The summed E-state index contributed by atoms with van der Waals surface area (Å²) in [4.78, 5) is 1.60. The van der Waals surface area contributed by atoms with Crippen LogP contribution < -0.4 is 0 Å². The third-order valence-corrected chi connectivity index (χ3v) is 0.802. The fourth-order valence-electron chi connectivity index (χ4n) is 0.335. The number of hydrogen-bond acceptors (Lipinski definition) is 2. The third kappa shape index (κ3) is 1.73. The van der Waals surface area contributed by atoms with Gasteiger partial charge in [0.2, 0.25) is 0 Å². The van der Waals surface area contributed by atoms with Crippen LogP contribution in [0.25, 0.3) is 0 Å². The van der Waals surface area contributed by atoms with Gasteiger partial charge in [-0.3, -0.25) is 5.41 Å². The lowest BCUT2D eigenvalue weighted by Gasteiger charge is -2.10. The first-order valence-electron chi connectivity index (χ1n) is 2.37. The van der Waals surface area contributed by atoms with Gasteiger partial charge in [0, 0.05) is 14.1 Å². The van der Waals surface area contributed by atoms with Crippen molar-refractivity contribution >= 4 is 11.5 Å². The van der Waals surface area contributed by atoms with Crippen LogP contribution in [0.4, 0.5) is 0 Å². The summed E-state index contributed by atoms with van der Waals surface area (Å²) in [5.41, 5.74) is 0.301. The van der Waals surface area contributed by atoms with Crippen LogP contribution >= 0.6 is 0 Å². The zero-order valence-corrected chi connectivity index (χ0v) is 5.45. The van der Waals surface area contributed by atoms with Gasteiger partial charge >= 0.3 is 0 Å².